The van der Waals surface area contributed by atoms with Gasteiger partial charge in [-0.2, -0.15) is 5.10 Å². The predicted molar refractivity (Wildman–Crippen MR) is 103 cm³/mol. The van der Waals surface area contributed by atoms with Crippen LogP contribution in [0, 0.1) is 0 Å². The lowest BCUT2D eigenvalue weighted by atomic mass is 9.94. The Hall–Kier alpha value is -2.75. The van der Waals surface area contributed by atoms with Gasteiger partial charge in [-0.05, 0) is 30.5 Å². The molecule has 4 heteroatoms. The maximum atomic E-state index is 9.88. The summed E-state index contributed by atoms with van der Waals surface area (Å²) in [6, 6.07) is 16.8. The summed E-state index contributed by atoms with van der Waals surface area (Å²) in [5.41, 5.74) is 3.83. The Labute approximate surface area is 154 Å². The summed E-state index contributed by atoms with van der Waals surface area (Å²) in [4.78, 5) is 0. The summed E-state index contributed by atoms with van der Waals surface area (Å²) in [7, 11) is 0. The number of para-hydroxylation sites is 1. The van der Waals surface area contributed by atoms with Crippen molar-refractivity contribution in [3.8, 4) is 5.75 Å². The molecule has 0 saturated carbocycles. The van der Waals surface area contributed by atoms with Gasteiger partial charge < -0.3 is 9.84 Å². The number of aliphatic hydroxyl groups is 1. The zero-order valence-corrected chi connectivity index (χ0v) is 15.4. The monoisotopic (exact) mass is 348 g/mol. The maximum Gasteiger partial charge on any atom is 0.218 e. The molecule has 1 N–H and O–H groups in total. The molecule has 4 nitrogen and oxygen atoms in total. The van der Waals surface area contributed by atoms with E-state index < -0.39 is 5.72 Å². The molecule has 0 bridgehead atoms. The Bertz CT molecular complexity index is 881. The number of benzene rings is 2. The van der Waals surface area contributed by atoms with E-state index in [1.807, 2.05) is 30.1 Å². The molecule has 4 rings (SSSR count). The molecule has 134 valence electrons. The molecule has 0 saturated heterocycles. The third kappa shape index (κ3) is 2.75. The number of hydrazone groups is 1. The molecule has 2 aliphatic rings. The second-order valence-corrected chi connectivity index (χ2v) is 7.14. The zero-order valence-electron chi connectivity index (χ0n) is 15.4. The third-order valence-corrected chi connectivity index (χ3v) is 5.13. The van der Waals surface area contributed by atoms with Crippen LogP contribution in [0.25, 0.3) is 0 Å². The quantitative estimate of drug-likeness (QED) is 0.797. The number of rotatable bonds is 3. The highest BCUT2D eigenvalue weighted by Crippen LogP contribution is 2.47. The standard InChI is InChI=1S/C22H24N2O2/c1-4-16-9-11-17(12-10-16)19-13-20-18-7-5-6-8-21(18)26-22(3,14-15(2)25)24(20)23-19/h5-12,14,20,25H,4,13H2,1-3H3. The van der Waals surface area contributed by atoms with Gasteiger partial charge in [-0.1, -0.05) is 49.4 Å². The van der Waals surface area contributed by atoms with E-state index in [1.165, 1.54) is 5.56 Å². The fourth-order valence-corrected chi connectivity index (χ4v) is 3.87. The maximum absolute atomic E-state index is 9.88. The van der Waals surface area contributed by atoms with Crippen LogP contribution in [-0.2, 0) is 6.42 Å². The molecule has 0 amide bonds. The highest BCUT2D eigenvalue weighted by Gasteiger charge is 2.46. The van der Waals surface area contributed by atoms with E-state index >= 15 is 0 Å². The van der Waals surface area contributed by atoms with E-state index in [0.29, 0.717) is 0 Å². The molecule has 0 aliphatic carbocycles. The molecule has 26 heavy (non-hydrogen) atoms. The average Bonchev–Trinajstić information content (AvgIpc) is 3.08. The van der Waals surface area contributed by atoms with Crippen LogP contribution in [0.5, 0.6) is 5.75 Å². The lowest BCUT2D eigenvalue weighted by Gasteiger charge is -2.44. The van der Waals surface area contributed by atoms with Crippen LogP contribution in [0.2, 0.25) is 0 Å². The van der Waals surface area contributed by atoms with Crippen molar-refractivity contribution in [3.05, 3.63) is 77.1 Å². The minimum Gasteiger partial charge on any atom is -0.513 e. The van der Waals surface area contributed by atoms with E-state index in [2.05, 4.69) is 37.3 Å². The number of allylic oxidation sites excluding steroid dienone is 1. The van der Waals surface area contributed by atoms with Crippen molar-refractivity contribution in [1.29, 1.82) is 0 Å². The number of fused-ring (bicyclic) bond motifs is 3. The normalized spacial score (nSPS) is 24.6. The van der Waals surface area contributed by atoms with Gasteiger partial charge in [0.1, 0.15) is 5.75 Å². The number of hydrogen-bond donors (Lipinski definition) is 1. The van der Waals surface area contributed by atoms with Crippen molar-refractivity contribution in [2.24, 2.45) is 5.10 Å². The summed E-state index contributed by atoms with van der Waals surface area (Å²) in [6.07, 6.45) is 3.57. The van der Waals surface area contributed by atoms with Crippen molar-refractivity contribution < 1.29 is 9.84 Å². The molecule has 0 spiro atoms. The van der Waals surface area contributed by atoms with Crippen LogP contribution in [0.3, 0.4) is 0 Å². The molecule has 2 aliphatic heterocycles. The summed E-state index contributed by atoms with van der Waals surface area (Å²) in [6.45, 7) is 5.77. The minimum absolute atomic E-state index is 0.0985. The second-order valence-electron chi connectivity index (χ2n) is 7.14. The first-order valence-corrected chi connectivity index (χ1v) is 9.12. The Balaban J connectivity index is 1.77. The van der Waals surface area contributed by atoms with Crippen LogP contribution in [0.1, 0.15) is 49.9 Å². The van der Waals surface area contributed by atoms with Crippen molar-refractivity contribution in [3.63, 3.8) is 0 Å². The Morgan fingerprint density at radius 2 is 2.00 bits per heavy atom. The van der Waals surface area contributed by atoms with E-state index in [4.69, 9.17) is 9.84 Å². The largest absolute Gasteiger partial charge is 0.513 e. The van der Waals surface area contributed by atoms with Gasteiger partial charge in [0, 0.05) is 25.0 Å². The third-order valence-electron chi connectivity index (χ3n) is 5.13. The molecule has 0 aromatic heterocycles. The first-order chi connectivity index (χ1) is 12.5. The fraction of sp³-hybridized carbons (Fsp3) is 0.318. The van der Waals surface area contributed by atoms with Crippen LogP contribution in [0.15, 0.2) is 65.5 Å². The average molecular weight is 348 g/mol. The van der Waals surface area contributed by atoms with Gasteiger partial charge in [0.25, 0.3) is 0 Å². The van der Waals surface area contributed by atoms with Crippen molar-refractivity contribution in [1.82, 2.24) is 5.01 Å². The van der Waals surface area contributed by atoms with Gasteiger partial charge in [-0.25, -0.2) is 5.01 Å². The summed E-state index contributed by atoms with van der Waals surface area (Å²) >= 11 is 0. The molecule has 2 aromatic rings. The van der Waals surface area contributed by atoms with Crippen molar-refractivity contribution in [2.75, 3.05) is 0 Å². The van der Waals surface area contributed by atoms with Gasteiger partial charge in [0.2, 0.25) is 5.72 Å². The van der Waals surface area contributed by atoms with Crippen LogP contribution >= 0.6 is 0 Å². The number of nitrogens with zero attached hydrogens (tertiary/aromatic N) is 2. The van der Waals surface area contributed by atoms with Crippen LogP contribution in [0.4, 0.5) is 0 Å². The smallest absolute Gasteiger partial charge is 0.218 e. The van der Waals surface area contributed by atoms with E-state index in [1.54, 1.807) is 13.0 Å². The number of hydrogen-bond acceptors (Lipinski definition) is 4. The topological polar surface area (TPSA) is 45.1 Å². The van der Waals surface area contributed by atoms with Gasteiger partial charge >= 0.3 is 0 Å². The fourth-order valence-electron chi connectivity index (χ4n) is 3.87. The SMILES string of the molecule is CCc1ccc(C2=NN3C(C2)c2ccccc2OC3(C)C=C(C)O)cc1. The molecule has 2 heterocycles. The molecular weight excluding hydrogens is 324 g/mol. The Morgan fingerprint density at radius 3 is 2.69 bits per heavy atom. The van der Waals surface area contributed by atoms with Crippen LogP contribution < -0.4 is 4.74 Å². The first-order valence-electron chi connectivity index (χ1n) is 9.12. The van der Waals surface area contributed by atoms with E-state index in [9.17, 15) is 5.11 Å². The Kier molecular flexibility index (Phi) is 3.98. The molecule has 0 fully saturated rings. The Morgan fingerprint density at radius 1 is 1.27 bits per heavy atom. The highest BCUT2D eigenvalue weighted by molar-refractivity contribution is 6.02. The molecule has 2 aromatic carbocycles. The number of aryl methyl sites for hydroxylation is 1. The van der Waals surface area contributed by atoms with Crippen LogP contribution in [-0.4, -0.2) is 21.6 Å². The second kappa shape index (κ2) is 6.20. The lowest BCUT2D eigenvalue weighted by Crippen LogP contribution is -2.50. The number of aliphatic hydroxyl groups excluding tert-OH is 1. The molecular formula is C22H24N2O2. The first kappa shape index (κ1) is 16.7. The van der Waals surface area contributed by atoms with Crippen molar-refractivity contribution >= 4 is 5.71 Å². The minimum atomic E-state index is -0.817. The van der Waals surface area contributed by atoms with Gasteiger partial charge in [-0.15, -0.1) is 0 Å². The summed E-state index contributed by atoms with van der Waals surface area (Å²) < 4.78 is 6.25. The molecule has 0 radical (unpaired) electrons. The highest BCUT2D eigenvalue weighted by atomic mass is 16.5. The molecule has 2 unspecified atom stereocenters. The summed E-state index contributed by atoms with van der Waals surface area (Å²) in [5, 5.41) is 16.8. The lowest BCUT2D eigenvalue weighted by molar-refractivity contribution is -0.0697. The van der Waals surface area contributed by atoms with E-state index in [-0.39, 0.29) is 11.8 Å². The number of ether oxygens (including phenoxy) is 1. The van der Waals surface area contributed by atoms with Crippen molar-refractivity contribution in [2.45, 2.75) is 45.4 Å². The predicted octanol–water partition coefficient (Wildman–Crippen LogP) is 4.97. The van der Waals surface area contributed by atoms with Gasteiger partial charge in [0.05, 0.1) is 17.5 Å². The summed E-state index contributed by atoms with van der Waals surface area (Å²) in [5.74, 6) is 1.08. The van der Waals surface area contributed by atoms with E-state index in [0.717, 1.165) is 35.4 Å². The zero-order chi connectivity index (χ0) is 18.3. The van der Waals surface area contributed by atoms with Gasteiger partial charge in [-0.3, -0.25) is 0 Å². The molecule has 2 atom stereocenters. The van der Waals surface area contributed by atoms with Gasteiger partial charge in [0.15, 0.2) is 0 Å².